The maximum Gasteiger partial charge on any atom is 0.0815 e. The summed E-state index contributed by atoms with van der Waals surface area (Å²) in [5.74, 6) is 1.90. The lowest BCUT2D eigenvalue weighted by Gasteiger charge is -2.66. The van der Waals surface area contributed by atoms with E-state index in [2.05, 4.69) is 18.4 Å². The topological polar surface area (TPSA) is 43.7 Å². The van der Waals surface area contributed by atoms with Crippen LogP contribution >= 0.6 is 0 Å². The molecular weight excluding hydrogens is 286 g/mol. The van der Waals surface area contributed by atoms with Gasteiger partial charge < -0.3 is 10.2 Å². The predicted octanol–water partition coefficient (Wildman–Crippen LogP) is 1.79. The quantitative estimate of drug-likeness (QED) is 0.670. The zero-order chi connectivity index (χ0) is 15.5. The molecule has 0 radical (unpaired) electrons. The highest BCUT2D eigenvalue weighted by molar-refractivity contribution is 5.43. The second-order valence-electron chi connectivity index (χ2n) is 10.5. The summed E-state index contributed by atoms with van der Waals surface area (Å²) in [6, 6.07) is 1.34. The molecule has 3 heterocycles. The van der Waals surface area contributed by atoms with Gasteiger partial charge in [0.15, 0.2) is 0 Å². The number of aliphatic hydroxyl groups excluding tert-OH is 2. The first-order valence-electron chi connectivity index (χ1n) is 9.77. The monoisotopic (exact) mass is 313 g/mol. The van der Waals surface area contributed by atoms with E-state index < -0.39 is 0 Å². The Labute approximate surface area is 137 Å². The Morgan fingerprint density at radius 1 is 1.17 bits per heavy atom. The van der Waals surface area contributed by atoms with Crippen LogP contribution in [0.25, 0.3) is 0 Å². The van der Waals surface area contributed by atoms with E-state index in [-0.39, 0.29) is 23.5 Å². The molecule has 9 aliphatic rings. The Morgan fingerprint density at radius 2 is 2.00 bits per heavy atom. The summed E-state index contributed by atoms with van der Waals surface area (Å²) >= 11 is 0. The minimum Gasteiger partial charge on any atom is -0.392 e. The summed E-state index contributed by atoms with van der Waals surface area (Å²) in [4.78, 5) is 2.88. The van der Waals surface area contributed by atoms with Crippen LogP contribution in [0.2, 0.25) is 0 Å². The SMILES string of the molecule is C=C1[C@H]2CC3C4N5C[C@@]6(C)CCC[C@]47[C@H]([C@H]2O)[C@]3(C[C@@H]5[C@H]67)[C@@H]1O. The first-order valence-corrected chi connectivity index (χ1v) is 9.77. The third kappa shape index (κ3) is 0.910. The smallest absolute Gasteiger partial charge is 0.0815 e. The largest absolute Gasteiger partial charge is 0.392 e. The standard InChI is InChI=1S/C20H27NO2/c1-9-10-6-11-16-19-5-3-4-18(2)8-21(16)12(14(18)19)7-20(11,17(9)23)15(19)13(10)22/h10-17,22-23H,1,3-8H2,2H3/t10-,11?,12-,13+,14-,15+,16?,17-,18-,19+,20-/m1/s1. The Bertz CT molecular complexity index is 677. The van der Waals surface area contributed by atoms with Crippen LogP contribution in [0.15, 0.2) is 12.2 Å². The molecule has 6 aliphatic carbocycles. The van der Waals surface area contributed by atoms with Crippen LogP contribution < -0.4 is 0 Å². The van der Waals surface area contributed by atoms with Gasteiger partial charge in [-0.3, -0.25) is 4.90 Å². The van der Waals surface area contributed by atoms with Crippen molar-refractivity contribution in [2.24, 2.45) is 39.9 Å². The van der Waals surface area contributed by atoms with Gasteiger partial charge in [-0.1, -0.05) is 19.9 Å². The van der Waals surface area contributed by atoms with Gasteiger partial charge in [-0.2, -0.15) is 0 Å². The molecular formula is C20H27NO2. The second kappa shape index (κ2) is 3.20. The molecule has 9 bridgehead atoms. The summed E-state index contributed by atoms with van der Waals surface area (Å²) < 4.78 is 0. The highest BCUT2D eigenvalue weighted by Crippen LogP contribution is 2.86. The van der Waals surface area contributed by atoms with Gasteiger partial charge in [0, 0.05) is 35.9 Å². The van der Waals surface area contributed by atoms with E-state index in [0.717, 1.165) is 24.3 Å². The Morgan fingerprint density at radius 3 is 2.83 bits per heavy atom. The van der Waals surface area contributed by atoms with Crippen LogP contribution in [0.4, 0.5) is 0 Å². The van der Waals surface area contributed by atoms with E-state index in [1.54, 1.807) is 0 Å². The zero-order valence-electron chi connectivity index (χ0n) is 13.9. The van der Waals surface area contributed by atoms with Gasteiger partial charge in [-0.25, -0.2) is 0 Å². The van der Waals surface area contributed by atoms with Crippen LogP contribution in [0.3, 0.4) is 0 Å². The molecule has 3 aliphatic heterocycles. The van der Waals surface area contributed by atoms with Gasteiger partial charge in [-0.15, -0.1) is 0 Å². The van der Waals surface area contributed by atoms with E-state index in [4.69, 9.17) is 0 Å². The molecule has 0 aromatic heterocycles. The molecule has 3 nitrogen and oxygen atoms in total. The molecule has 3 unspecified atom stereocenters. The molecule has 6 saturated carbocycles. The average molecular weight is 313 g/mol. The van der Waals surface area contributed by atoms with E-state index >= 15 is 0 Å². The molecule has 12 atom stereocenters. The highest BCUT2D eigenvalue weighted by atomic mass is 16.3. The molecule has 2 N–H and O–H groups in total. The number of hydrogen-bond donors (Lipinski definition) is 2. The minimum absolute atomic E-state index is 0.0316. The van der Waals surface area contributed by atoms with Crippen LogP contribution in [0.1, 0.15) is 39.0 Å². The molecule has 0 amide bonds. The van der Waals surface area contributed by atoms with Crippen molar-refractivity contribution in [2.75, 3.05) is 6.54 Å². The van der Waals surface area contributed by atoms with E-state index in [1.165, 1.54) is 25.8 Å². The molecule has 2 spiro atoms. The molecule has 3 heteroatoms. The molecule has 3 saturated heterocycles. The van der Waals surface area contributed by atoms with Crippen molar-refractivity contribution >= 4 is 0 Å². The lowest BCUT2D eigenvalue weighted by Crippen LogP contribution is -2.68. The summed E-state index contributed by atoms with van der Waals surface area (Å²) in [6.45, 7) is 8.04. The summed E-state index contributed by atoms with van der Waals surface area (Å²) in [7, 11) is 0. The maximum absolute atomic E-state index is 11.3. The van der Waals surface area contributed by atoms with Gasteiger partial charge in [-0.05, 0) is 53.9 Å². The van der Waals surface area contributed by atoms with Crippen molar-refractivity contribution in [3.05, 3.63) is 12.2 Å². The highest BCUT2D eigenvalue weighted by Gasteiger charge is 2.89. The van der Waals surface area contributed by atoms with Crippen molar-refractivity contribution in [3.8, 4) is 0 Å². The van der Waals surface area contributed by atoms with E-state index in [9.17, 15) is 10.2 Å². The van der Waals surface area contributed by atoms with Crippen molar-refractivity contribution in [1.82, 2.24) is 4.90 Å². The molecule has 124 valence electrons. The van der Waals surface area contributed by atoms with Gasteiger partial charge in [0.2, 0.25) is 0 Å². The fourth-order valence-corrected chi connectivity index (χ4v) is 10.5. The first-order chi connectivity index (χ1) is 11.0. The number of aliphatic hydroxyl groups is 2. The summed E-state index contributed by atoms with van der Waals surface area (Å²) in [5.41, 5.74) is 1.72. The van der Waals surface area contributed by atoms with Gasteiger partial charge in [0.25, 0.3) is 0 Å². The van der Waals surface area contributed by atoms with Crippen molar-refractivity contribution in [1.29, 1.82) is 0 Å². The maximum atomic E-state index is 11.3. The van der Waals surface area contributed by atoms with E-state index in [0.29, 0.717) is 34.7 Å². The van der Waals surface area contributed by atoms with Crippen LogP contribution in [0, 0.1) is 39.9 Å². The third-order valence-corrected chi connectivity index (χ3v) is 10.3. The lowest BCUT2D eigenvalue weighted by molar-refractivity contribution is -0.213. The number of fused-ring (bicyclic) bond motifs is 1. The molecule has 9 rings (SSSR count). The first kappa shape index (κ1) is 12.9. The third-order valence-electron chi connectivity index (χ3n) is 10.3. The fourth-order valence-electron chi connectivity index (χ4n) is 10.5. The van der Waals surface area contributed by atoms with Crippen molar-refractivity contribution in [3.63, 3.8) is 0 Å². The average Bonchev–Trinajstić information content (AvgIpc) is 2.93. The van der Waals surface area contributed by atoms with E-state index in [1.807, 2.05) is 0 Å². The number of piperidine rings is 2. The zero-order valence-corrected chi connectivity index (χ0v) is 13.9. The fraction of sp³-hybridized carbons (Fsp3) is 0.900. The van der Waals surface area contributed by atoms with Crippen LogP contribution in [-0.4, -0.2) is 45.9 Å². The molecule has 23 heavy (non-hydrogen) atoms. The summed E-state index contributed by atoms with van der Waals surface area (Å²) in [5, 5.41) is 22.6. The van der Waals surface area contributed by atoms with Crippen LogP contribution in [0.5, 0.6) is 0 Å². The molecule has 9 fully saturated rings. The number of nitrogens with zero attached hydrogens (tertiary/aromatic N) is 1. The number of rotatable bonds is 0. The molecule has 0 aromatic rings. The Hall–Kier alpha value is -0.380. The van der Waals surface area contributed by atoms with Crippen molar-refractivity contribution < 1.29 is 10.2 Å². The second-order valence-corrected chi connectivity index (χ2v) is 10.5. The lowest BCUT2D eigenvalue weighted by atomic mass is 9.39. The Balaban J connectivity index is 1.55. The summed E-state index contributed by atoms with van der Waals surface area (Å²) in [6.07, 6.45) is 5.64. The Kier molecular flexibility index (Phi) is 1.79. The van der Waals surface area contributed by atoms with Gasteiger partial charge in [0.1, 0.15) is 0 Å². The van der Waals surface area contributed by atoms with Crippen molar-refractivity contribution in [2.45, 2.75) is 63.3 Å². The van der Waals surface area contributed by atoms with Crippen LogP contribution in [-0.2, 0) is 0 Å². The minimum atomic E-state index is -0.349. The van der Waals surface area contributed by atoms with Gasteiger partial charge in [0.05, 0.1) is 12.2 Å². The normalized spacial score (nSPS) is 75.6. The van der Waals surface area contributed by atoms with Gasteiger partial charge >= 0.3 is 0 Å². The molecule has 0 aromatic carbocycles. The predicted molar refractivity (Wildman–Crippen MR) is 85.5 cm³/mol. The number of hydrogen-bond acceptors (Lipinski definition) is 3.